The van der Waals surface area contributed by atoms with Crippen LogP contribution in [-0.4, -0.2) is 31.1 Å². The Morgan fingerprint density at radius 2 is 1.38 bits per heavy atom. The summed E-state index contributed by atoms with van der Waals surface area (Å²) in [6.07, 6.45) is 1.43. The molecule has 4 rings (SSSR count). The van der Waals surface area contributed by atoms with Gasteiger partial charge in [-0.1, -0.05) is 41.4 Å². The highest BCUT2D eigenvalue weighted by molar-refractivity contribution is 6.39. The first kappa shape index (κ1) is 23.1. The Hall–Kier alpha value is -4.10. The van der Waals surface area contributed by atoms with Crippen LogP contribution in [0.3, 0.4) is 0 Å². The van der Waals surface area contributed by atoms with Gasteiger partial charge in [-0.15, -0.1) is 0 Å². The van der Waals surface area contributed by atoms with E-state index in [9.17, 15) is 14.4 Å². The van der Waals surface area contributed by atoms with Crippen molar-refractivity contribution in [2.75, 3.05) is 18.1 Å². The number of carbonyl (C=O) groups is 3. The van der Waals surface area contributed by atoms with E-state index < -0.39 is 17.8 Å². The minimum Gasteiger partial charge on any atom is -0.490 e. The van der Waals surface area contributed by atoms with E-state index in [0.29, 0.717) is 35.2 Å². The molecule has 172 valence electrons. The van der Waals surface area contributed by atoms with Gasteiger partial charge in [0.2, 0.25) is 0 Å². The minimum atomic E-state index is -0.814. The Morgan fingerprint density at radius 3 is 1.97 bits per heavy atom. The van der Waals surface area contributed by atoms with Crippen LogP contribution >= 0.6 is 11.6 Å². The van der Waals surface area contributed by atoms with Gasteiger partial charge in [0.25, 0.3) is 11.8 Å². The lowest BCUT2D eigenvalue weighted by Crippen LogP contribution is -2.54. The van der Waals surface area contributed by atoms with Crippen LogP contribution in [0.25, 0.3) is 6.08 Å². The SMILES string of the molecule is Cc1ccc(OCCOc2ccc(/C=C3/C(=O)NC(=O)N(c4ccc(Cl)cc4)C3=O)cc2)cc1. The monoisotopic (exact) mass is 476 g/mol. The molecular formula is C26H21ClN2O5. The molecule has 1 heterocycles. The van der Waals surface area contributed by atoms with E-state index in [4.69, 9.17) is 21.1 Å². The number of benzene rings is 3. The van der Waals surface area contributed by atoms with Gasteiger partial charge in [-0.3, -0.25) is 14.9 Å². The van der Waals surface area contributed by atoms with Crippen molar-refractivity contribution < 1.29 is 23.9 Å². The van der Waals surface area contributed by atoms with Gasteiger partial charge in [0.15, 0.2) is 0 Å². The summed E-state index contributed by atoms with van der Waals surface area (Å²) in [6.45, 7) is 2.75. The molecule has 7 nitrogen and oxygen atoms in total. The van der Waals surface area contributed by atoms with E-state index in [1.54, 1.807) is 36.4 Å². The first-order valence-electron chi connectivity index (χ1n) is 10.5. The molecule has 3 aromatic rings. The number of barbiturate groups is 1. The van der Waals surface area contributed by atoms with Gasteiger partial charge < -0.3 is 9.47 Å². The number of hydrogen-bond donors (Lipinski definition) is 1. The van der Waals surface area contributed by atoms with Crippen molar-refractivity contribution in [2.24, 2.45) is 0 Å². The van der Waals surface area contributed by atoms with Crippen LogP contribution in [0.5, 0.6) is 11.5 Å². The third-order valence-corrected chi connectivity index (χ3v) is 5.27. The Labute approximate surface area is 201 Å². The van der Waals surface area contributed by atoms with Crippen molar-refractivity contribution in [1.29, 1.82) is 0 Å². The van der Waals surface area contributed by atoms with Crippen molar-refractivity contribution in [2.45, 2.75) is 6.92 Å². The van der Waals surface area contributed by atoms with E-state index in [1.165, 1.54) is 18.2 Å². The lowest BCUT2D eigenvalue weighted by atomic mass is 10.1. The zero-order chi connectivity index (χ0) is 24.1. The maximum Gasteiger partial charge on any atom is 0.335 e. The second-order valence-electron chi connectivity index (χ2n) is 7.51. The number of ether oxygens (including phenoxy) is 2. The molecule has 1 fully saturated rings. The summed E-state index contributed by atoms with van der Waals surface area (Å²) in [5.74, 6) is -0.0804. The summed E-state index contributed by atoms with van der Waals surface area (Å²) < 4.78 is 11.3. The number of hydrogen-bond acceptors (Lipinski definition) is 5. The minimum absolute atomic E-state index is 0.158. The number of nitrogens with one attached hydrogen (secondary N) is 1. The fraction of sp³-hybridized carbons (Fsp3) is 0.115. The molecule has 8 heteroatoms. The maximum absolute atomic E-state index is 12.9. The van der Waals surface area contributed by atoms with Gasteiger partial charge in [-0.05, 0) is 67.1 Å². The first-order valence-corrected chi connectivity index (χ1v) is 10.9. The predicted molar refractivity (Wildman–Crippen MR) is 129 cm³/mol. The summed E-state index contributed by atoms with van der Waals surface area (Å²) in [6, 6.07) is 20.0. The van der Waals surface area contributed by atoms with E-state index in [2.05, 4.69) is 5.32 Å². The Morgan fingerprint density at radius 1 is 0.824 bits per heavy atom. The van der Waals surface area contributed by atoms with Crippen LogP contribution in [0.2, 0.25) is 5.02 Å². The predicted octanol–water partition coefficient (Wildman–Crippen LogP) is 4.77. The van der Waals surface area contributed by atoms with E-state index in [-0.39, 0.29) is 5.57 Å². The highest BCUT2D eigenvalue weighted by Gasteiger charge is 2.36. The highest BCUT2D eigenvalue weighted by Crippen LogP contribution is 2.24. The van der Waals surface area contributed by atoms with Crippen molar-refractivity contribution in [1.82, 2.24) is 5.32 Å². The summed E-state index contributed by atoms with van der Waals surface area (Å²) in [5, 5.41) is 2.66. The molecule has 4 amide bonds. The van der Waals surface area contributed by atoms with Gasteiger partial charge >= 0.3 is 6.03 Å². The molecule has 0 unspecified atom stereocenters. The molecule has 0 radical (unpaired) electrons. The van der Waals surface area contributed by atoms with Crippen molar-refractivity contribution >= 4 is 41.2 Å². The molecule has 0 atom stereocenters. The number of aryl methyl sites for hydroxylation is 1. The number of imide groups is 2. The number of rotatable bonds is 7. The molecule has 1 aliphatic heterocycles. The lowest BCUT2D eigenvalue weighted by molar-refractivity contribution is -0.122. The molecule has 1 aliphatic rings. The van der Waals surface area contributed by atoms with Crippen LogP contribution in [0.4, 0.5) is 10.5 Å². The molecule has 0 saturated carbocycles. The number of amides is 4. The number of nitrogens with zero attached hydrogens (tertiary/aromatic N) is 1. The van der Waals surface area contributed by atoms with Crippen LogP contribution in [0.1, 0.15) is 11.1 Å². The van der Waals surface area contributed by atoms with Crippen molar-refractivity contribution in [3.8, 4) is 11.5 Å². The number of urea groups is 1. The zero-order valence-electron chi connectivity index (χ0n) is 18.3. The highest BCUT2D eigenvalue weighted by atomic mass is 35.5. The van der Waals surface area contributed by atoms with Gasteiger partial charge in [0.05, 0.1) is 5.69 Å². The lowest BCUT2D eigenvalue weighted by Gasteiger charge is -2.26. The van der Waals surface area contributed by atoms with Gasteiger partial charge in [-0.2, -0.15) is 0 Å². The van der Waals surface area contributed by atoms with E-state index in [1.807, 2.05) is 31.2 Å². The summed E-state index contributed by atoms with van der Waals surface area (Å²) in [7, 11) is 0. The van der Waals surface area contributed by atoms with Crippen LogP contribution in [0.15, 0.2) is 78.4 Å². The fourth-order valence-corrected chi connectivity index (χ4v) is 3.39. The average Bonchev–Trinajstić information content (AvgIpc) is 2.82. The van der Waals surface area contributed by atoms with Crippen LogP contribution in [0, 0.1) is 6.92 Å². The molecule has 3 aromatic carbocycles. The third-order valence-electron chi connectivity index (χ3n) is 5.02. The summed E-state index contributed by atoms with van der Waals surface area (Å²) in [4.78, 5) is 38.4. The van der Waals surface area contributed by atoms with Crippen molar-refractivity contribution in [3.63, 3.8) is 0 Å². The van der Waals surface area contributed by atoms with Crippen molar-refractivity contribution in [3.05, 3.63) is 94.5 Å². The molecule has 1 N–H and O–H groups in total. The van der Waals surface area contributed by atoms with E-state index in [0.717, 1.165) is 16.2 Å². The van der Waals surface area contributed by atoms with Crippen LogP contribution < -0.4 is 19.7 Å². The van der Waals surface area contributed by atoms with E-state index >= 15 is 0 Å². The van der Waals surface area contributed by atoms with Gasteiger partial charge in [-0.25, -0.2) is 9.69 Å². The quantitative estimate of drug-likeness (QED) is 0.301. The number of anilines is 1. The van der Waals surface area contributed by atoms with Gasteiger partial charge in [0, 0.05) is 5.02 Å². The Kier molecular flexibility index (Phi) is 6.94. The fourth-order valence-electron chi connectivity index (χ4n) is 3.26. The summed E-state index contributed by atoms with van der Waals surface area (Å²) >= 11 is 5.88. The summed E-state index contributed by atoms with van der Waals surface area (Å²) in [5.41, 5.74) is 1.92. The molecule has 0 aromatic heterocycles. The largest absolute Gasteiger partial charge is 0.490 e. The molecule has 0 aliphatic carbocycles. The van der Waals surface area contributed by atoms with Gasteiger partial charge in [0.1, 0.15) is 30.3 Å². The second-order valence-corrected chi connectivity index (χ2v) is 7.95. The number of carbonyl (C=O) groups excluding carboxylic acids is 3. The zero-order valence-corrected chi connectivity index (χ0v) is 19.0. The second kappa shape index (κ2) is 10.2. The smallest absolute Gasteiger partial charge is 0.335 e. The molecule has 34 heavy (non-hydrogen) atoms. The topological polar surface area (TPSA) is 84.9 Å². The Balaban J connectivity index is 1.39. The third kappa shape index (κ3) is 5.44. The Bertz CT molecular complexity index is 1240. The maximum atomic E-state index is 12.9. The molecule has 1 saturated heterocycles. The normalized spacial score (nSPS) is 14.8. The molecular weight excluding hydrogens is 456 g/mol. The standard InChI is InChI=1S/C26H21ClN2O5/c1-17-2-10-21(11-3-17)33-14-15-34-22-12-4-18(5-13-22)16-23-24(30)28-26(32)29(25(23)31)20-8-6-19(27)7-9-20/h2-13,16H,14-15H2,1H3,(H,28,30,32)/b23-16-. The first-order chi connectivity index (χ1) is 16.4. The number of halogens is 1. The average molecular weight is 477 g/mol. The molecule has 0 bridgehead atoms. The molecule has 0 spiro atoms. The van der Waals surface area contributed by atoms with Crippen LogP contribution in [-0.2, 0) is 9.59 Å².